The minimum Gasteiger partial charge on any atom is -0.496 e. The van der Waals surface area contributed by atoms with E-state index in [9.17, 15) is 9.59 Å². The first-order chi connectivity index (χ1) is 12.9. The molecular weight excluding hydrogens is 410 g/mol. The van der Waals surface area contributed by atoms with Crippen molar-refractivity contribution >= 4 is 39.6 Å². The van der Waals surface area contributed by atoms with Crippen LogP contribution in [-0.2, 0) is 9.53 Å². The van der Waals surface area contributed by atoms with Gasteiger partial charge in [-0.2, -0.15) is 0 Å². The van der Waals surface area contributed by atoms with Crippen molar-refractivity contribution in [2.75, 3.05) is 19.0 Å². The third-order valence-corrected chi connectivity index (χ3v) is 4.04. The smallest absolute Gasteiger partial charge is 0.338 e. The number of rotatable bonds is 7. The van der Waals surface area contributed by atoms with Gasteiger partial charge in [-0.05, 0) is 54.5 Å². The quantitative estimate of drug-likeness (QED) is 0.498. The Labute approximate surface area is 167 Å². The Balaban J connectivity index is 1.98. The number of amides is 1. The standard InChI is InChI=1S/C21H22BrNO4/c1-14(2)13-27-21(25)15-4-8-18(9-5-15)23-20(24)11-6-16-12-17(22)7-10-19(16)26-3/h4-12,14H,13H2,1-3H3,(H,23,24)/b11-6+. The average Bonchev–Trinajstić information content (AvgIpc) is 2.65. The molecule has 27 heavy (non-hydrogen) atoms. The zero-order valence-corrected chi connectivity index (χ0v) is 17.1. The van der Waals surface area contributed by atoms with E-state index in [1.165, 1.54) is 6.08 Å². The van der Waals surface area contributed by atoms with Gasteiger partial charge in [0.25, 0.3) is 0 Å². The summed E-state index contributed by atoms with van der Waals surface area (Å²) in [7, 11) is 1.58. The van der Waals surface area contributed by atoms with Gasteiger partial charge < -0.3 is 14.8 Å². The predicted molar refractivity (Wildman–Crippen MR) is 110 cm³/mol. The van der Waals surface area contributed by atoms with Crippen LogP contribution in [0.1, 0.15) is 29.8 Å². The summed E-state index contributed by atoms with van der Waals surface area (Å²) < 4.78 is 11.3. The van der Waals surface area contributed by atoms with Crippen LogP contribution in [0.25, 0.3) is 6.08 Å². The Morgan fingerprint density at radius 3 is 2.48 bits per heavy atom. The second-order valence-corrected chi connectivity index (χ2v) is 7.19. The first-order valence-electron chi connectivity index (χ1n) is 8.49. The van der Waals surface area contributed by atoms with Gasteiger partial charge in [0.15, 0.2) is 0 Å². The molecule has 6 heteroatoms. The zero-order valence-electron chi connectivity index (χ0n) is 15.5. The van der Waals surface area contributed by atoms with Crippen LogP contribution >= 0.6 is 15.9 Å². The zero-order chi connectivity index (χ0) is 19.8. The van der Waals surface area contributed by atoms with Crippen molar-refractivity contribution in [3.05, 3.63) is 64.1 Å². The average molecular weight is 432 g/mol. The highest BCUT2D eigenvalue weighted by Crippen LogP contribution is 2.24. The van der Waals surface area contributed by atoms with Gasteiger partial charge in [-0.25, -0.2) is 4.79 Å². The van der Waals surface area contributed by atoms with E-state index in [-0.39, 0.29) is 17.8 Å². The van der Waals surface area contributed by atoms with Crippen molar-refractivity contribution in [2.24, 2.45) is 5.92 Å². The van der Waals surface area contributed by atoms with Crippen LogP contribution in [0.4, 0.5) is 5.69 Å². The number of anilines is 1. The Morgan fingerprint density at radius 2 is 1.85 bits per heavy atom. The minimum atomic E-state index is -0.372. The van der Waals surface area contributed by atoms with E-state index in [0.29, 0.717) is 23.6 Å². The van der Waals surface area contributed by atoms with E-state index in [2.05, 4.69) is 21.2 Å². The van der Waals surface area contributed by atoms with Crippen molar-refractivity contribution in [1.82, 2.24) is 0 Å². The fraction of sp³-hybridized carbons (Fsp3) is 0.238. The summed E-state index contributed by atoms with van der Waals surface area (Å²) in [5, 5.41) is 2.75. The first kappa shape index (κ1) is 20.7. The highest BCUT2D eigenvalue weighted by Gasteiger charge is 2.08. The molecule has 0 saturated carbocycles. The second-order valence-electron chi connectivity index (χ2n) is 6.28. The number of carbonyl (C=O) groups excluding carboxylic acids is 2. The highest BCUT2D eigenvalue weighted by molar-refractivity contribution is 9.10. The van der Waals surface area contributed by atoms with Gasteiger partial charge in [0.05, 0.1) is 19.3 Å². The molecule has 2 rings (SSSR count). The molecule has 5 nitrogen and oxygen atoms in total. The molecule has 0 unspecified atom stereocenters. The van der Waals surface area contributed by atoms with E-state index < -0.39 is 0 Å². The molecule has 142 valence electrons. The van der Waals surface area contributed by atoms with E-state index in [4.69, 9.17) is 9.47 Å². The molecule has 0 saturated heterocycles. The third kappa shape index (κ3) is 6.57. The number of nitrogens with one attached hydrogen (secondary N) is 1. The molecule has 0 aliphatic carbocycles. The van der Waals surface area contributed by atoms with Crippen LogP contribution in [0, 0.1) is 5.92 Å². The van der Waals surface area contributed by atoms with Crippen LogP contribution in [0.2, 0.25) is 0 Å². The Kier molecular flexibility index (Phi) is 7.61. The summed E-state index contributed by atoms with van der Waals surface area (Å²) in [6.07, 6.45) is 3.10. The van der Waals surface area contributed by atoms with E-state index in [1.807, 2.05) is 32.0 Å². The predicted octanol–water partition coefficient (Wildman–Crippen LogP) is 4.92. The Hall–Kier alpha value is -2.60. The van der Waals surface area contributed by atoms with Crippen molar-refractivity contribution in [1.29, 1.82) is 0 Å². The largest absolute Gasteiger partial charge is 0.496 e. The lowest BCUT2D eigenvalue weighted by Gasteiger charge is -2.08. The summed E-state index contributed by atoms with van der Waals surface area (Å²) in [5.74, 6) is 0.296. The van der Waals surface area contributed by atoms with Crippen LogP contribution in [0.5, 0.6) is 5.75 Å². The number of benzene rings is 2. The maximum Gasteiger partial charge on any atom is 0.338 e. The summed E-state index contributed by atoms with van der Waals surface area (Å²) >= 11 is 3.40. The molecule has 1 amide bonds. The van der Waals surface area contributed by atoms with Crippen molar-refractivity contribution < 1.29 is 19.1 Å². The molecule has 0 bridgehead atoms. The van der Waals surface area contributed by atoms with Crippen LogP contribution < -0.4 is 10.1 Å². The molecule has 1 N–H and O–H groups in total. The number of hydrogen-bond donors (Lipinski definition) is 1. The molecule has 0 heterocycles. The SMILES string of the molecule is COc1ccc(Br)cc1/C=C/C(=O)Nc1ccc(C(=O)OCC(C)C)cc1. The second kappa shape index (κ2) is 9.92. The summed E-state index contributed by atoms with van der Waals surface area (Å²) in [5.41, 5.74) is 1.82. The summed E-state index contributed by atoms with van der Waals surface area (Å²) in [6, 6.07) is 12.1. The molecule has 0 radical (unpaired) electrons. The number of esters is 1. The fourth-order valence-corrected chi connectivity index (χ4v) is 2.58. The monoisotopic (exact) mass is 431 g/mol. The highest BCUT2D eigenvalue weighted by atomic mass is 79.9. The van der Waals surface area contributed by atoms with Crippen molar-refractivity contribution in [3.63, 3.8) is 0 Å². The van der Waals surface area contributed by atoms with E-state index in [1.54, 1.807) is 37.5 Å². The molecule has 0 aliphatic heterocycles. The van der Waals surface area contributed by atoms with Crippen LogP contribution in [0.3, 0.4) is 0 Å². The summed E-state index contributed by atoms with van der Waals surface area (Å²) in [6.45, 7) is 4.33. The van der Waals surface area contributed by atoms with E-state index in [0.717, 1.165) is 10.0 Å². The molecule has 0 fully saturated rings. The lowest BCUT2D eigenvalue weighted by atomic mass is 10.2. The van der Waals surface area contributed by atoms with Gasteiger partial charge in [0.2, 0.25) is 5.91 Å². The molecule has 0 atom stereocenters. The number of carbonyl (C=O) groups is 2. The fourth-order valence-electron chi connectivity index (χ4n) is 2.20. The van der Waals surface area contributed by atoms with Gasteiger partial charge >= 0.3 is 5.97 Å². The number of hydrogen-bond acceptors (Lipinski definition) is 4. The number of halogens is 1. The summed E-state index contributed by atoms with van der Waals surface area (Å²) in [4.78, 5) is 24.0. The lowest BCUT2D eigenvalue weighted by Crippen LogP contribution is -2.11. The molecule has 2 aromatic rings. The van der Waals surface area contributed by atoms with Gasteiger partial charge in [-0.15, -0.1) is 0 Å². The maximum absolute atomic E-state index is 12.1. The van der Waals surface area contributed by atoms with Crippen molar-refractivity contribution in [3.8, 4) is 5.75 Å². The van der Waals surface area contributed by atoms with E-state index >= 15 is 0 Å². The van der Waals surface area contributed by atoms with Crippen molar-refractivity contribution in [2.45, 2.75) is 13.8 Å². The molecule has 0 spiro atoms. The van der Waals surface area contributed by atoms with Crippen LogP contribution in [-0.4, -0.2) is 25.6 Å². The molecule has 2 aromatic carbocycles. The Bertz CT molecular complexity index is 829. The van der Waals surface area contributed by atoms with Gasteiger partial charge in [0.1, 0.15) is 5.75 Å². The minimum absolute atomic E-state index is 0.281. The van der Waals surface area contributed by atoms with Gasteiger partial charge in [0, 0.05) is 21.8 Å². The topological polar surface area (TPSA) is 64.6 Å². The molecular formula is C21H22BrNO4. The lowest BCUT2D eigenvalue weighted by molar-refractivity contribution is -0.111. The maximum atomic E-state index is 12.1. The first-order valence-corrected chi connectivity index (χ1v) is 9.28. The van der Waals surface area contributed by atoms with Crippen LogP contribution in [0.15, 0.2) is 53.0 Å². The normalized spacial score (nSPS) is 10.9. The number of ether oxygens (including phenoxy) is 2. The molecule has 0 aliphatic rings. The third-order valence-electron chi connectivity index (χ3n) is 3.54. The Morgan fingerprint density at radius 1 is 1.15 bits per heavy atom. The number of methoxy groups -OCH3 is 1. The molecule has 0 aromatic heterocycles. The van der Waals surface area contributed by atoms with Gasteiger partial charge in [-0.1, -0.05) is 29.8 Å². The van der Waals surface area contributed by atoms with Gasteiger partial charge in [-0.3, -0.25) is 4.79 Å².